The quantitative estimate of drug-likeness (QED) is 0.469. The Hall–Kier alpha value is -3.20. The second kappa shape index (κ2) is 10.2. The molecule has 8 nitrogen and oxygen atoms in total. The summed E-state index contributed by atoms with van der Waals surface area (Å²) in [5, 5.41) is 1.78. The average Bonchev–Trinajstić information content (AvgIpc) is 3.31. The van der Waals surface area contributed by atoms with E-state index >= 15 is 0 Å². The minimum Gasteiger partial charge on any atom is -0.497 e. The molecule has 1 amide bonds. The van der Waals surface area contributed by atoms with Gasteiger partial charge in [0, 0.05) is 30.6 Å². The van der Waals surface area contributed by atoms with Crippen molar-refractivity contribution < 1.29 is 19.1 Å². The Bertz CT molecular complexity index is 1190. The third kappa shape index (κ3) is 4.93. The summed E-state index contributed by atoms with van der Waals surface area (Å²) in [7, 11) is 1.60. The Morgan fingerprint density at radius 3 is 2.76 bits per heavy atom. The topological polar surface area (TPSA) is 90.2 Å². The Balaban J connectivity index is 1.57. The summed E-state index contributed by atoms with van der Waals surface area (Å²) in [6.45, 7) is 2.57. The number of benzene rings is 1. The van der Waals surface area contributed by atoms with E-state index in [0.717, 1.165) is 18.4 Å². The van der Waals surface area contributed by atoms with Gasteiger partial charge in [-0.3, -0.25) is 18.8 Å². The number of unbranched alkanes of at least 4 members (excludes halogenated alkanes) is 1. The molecule has 1 fully saturated rings. The number of hydrogen-bond acceptors (Lipinski definition) is 7. The first-order valence-electron chi connectivity index (χ1n) is 11.1. The molecule has 0 spiro atoms. The van der Waals surface area contributed by atoms with E-state index in [9.17, 15) is 14.4 Å². The Morgan fingerprint density at radius 2 is 2.03 bits per heavy atom. The van der Waals surface area contributed by atoms with Crippen LogP contribution < -0.4 is 10.3 Å². The molecule has 0 aliphatic carbocycles. The van der Waals surface area contributed by atoms with Gasteiger partial charge in [0.05, 0.1) is 24.8 Å². The van der Waals surface area contributed by atoms with Gasteiger partial charge in [0.2, 0.25) is 5.91 Å². The molecular weight excluding hydrogens is 442 g/mol. The summed E-state index contributed by atoms with van der Waals surface area (Å²) in [6.07, 6.45) is 4.18. The van der Waals surface area contributed by atoms with Crippen LogP contribution in [0.2, 0.25) is 0 Å². The van der Waals surface area contributed by atoms with Crippen molar-refractivity contribution in [1.82, 2.24) is 14.3 Å². The third-order valence-electron chi connectivity index (χ3n) is 5.94. The Kier molecular flexibility index (Phi) is 7.08. The minimum absolute atomic E-state index is 0.0474. The highest BCUT2D eigenvalue weighted by atomic mass is 32.1. The summed E-state index contributed by atoms with van der Waals surface area (Å²) in [6, 6.07) is 8.44. The number of thiazole rings is 1. The molecule has 0 bridgehead atoms. The van der Waals surface area contributed by atoms with Crippen LogP contribution in [-0.2, 0) is 20.9 Å². The highest BCUT2D eigenvalue weighted by molar-refractivity contribution is 7.15. The van der Waals surface area contributed by atoms with Crippen molar-refractivity contribution in [2.45, 2.75) is 45.3 Å². The lowest BCUT2D eigenvalue weighted by molar-refractivity contribution is -0.158. The Labute approximate surface area is 195 Å². The highest BCUT2D eigenvalue weighted by Gasteiger charge is 2.41. The number of likely N-dealkylation sites (tertiary alicyclic amines) is 1. The van der Waals surface area contributed by atoms with Crippen LogP contribution in [-0.4, -0.2) is 39.8 Å². The zero-order valence-electron chi connectivity index (χ0n) is 18.7. The summed E-state index contributed by atoms with van der Waals surface area (Å²) >= 11 is 1.34. The number of ether oxygens (including phenoxy) is 2. The average molecular weight is 470 g/mol. The first kappa shape index (κ1) is 23.0. The van der Waals surface area contributed by atoms with Gasteiger partial charge in [-0.1, -0.05) is 25.5 Å². The smallest absolute Gasteiger partial charge is 0.311 e. The van der Waals surface area contributed by atoms with Gasteiger partial charge < -0.3 is 14.4 Å². The molecule has 2 aromatic heterocycles. The molecule has 0 radical (unpaired) electrons. The third-order valence-corrected chi connectivity index (χ3v) is 6.69. The van der Waals surface area contributed by atoms with E-state index in [1.54, 1.807) is 18.7 Å². The van der Waals surface area contributed by atoms with Gasteiger partial charge in [-0.15, -0.1) is 11.3 Å². The molecule has 33 heavy (non-hydrogen) atoms. The molecule has 1 aromatic carbocycles. The van der Waals surface area contributed by atoms with Crippen molar-refractivity contribution in [3.8, 4) is 5.75 Å². The van der Waals surface area contributed by atoms with E-state index in [2.05, 4.69) is 11.9 Å². The van der Waals surface area contributed by atoms with Crippen molar-refractivity contribution in [3.05, 3.63) is 63.5 Å². The van der Waals surface area contributed by atoms with Crippen LogP contribution in [0.3, 0.4) is 0 Å². The number of nitrogens with zero attached hydrogens (tertiary/aromatic N) is 3. The fourth-order valence-electron chi connectivity index (χ4n) is 4.22. The number of esters is 1. The van der Waals surface area contributed by atoms with Crippen molar-refractivity contribution in [3.63, 3.8) is 0 Å². The van der Waals surface area contributed by atoms with Gasteiger partial charge in [0.25, 0.3) is 5.56 Å². The molecule has 0 N–H and O–H groups in total. The predicted octanol–water partition coefficient (Wildman–Crippen LogP) is 3.59. The van der Waals surface area contributed by atoms with Gasteiger partial charge in [-0.25, -0.2) is 4.98 Å². The second-order valence-electron chi connectivity index (χ2n) is 8.05. The maximum atomic E-state index is 13.2. The number of carbonyl (C=O) groups excluding carboxylic acids is 2. The summed E-state index contributed by atoms with van der Waals surface area (Å²) in [5.74, 6) is -0.134. The number of rotatable bonds is 8. The minimum atomic E-state index is -0.500. The molecule has 1 aliphatic heterocycles. The van der Waals surface area contributed by atoms with Crippen molar-refractivity contribution in [2.75, 3.05) is 13.7 Å². The van der Waals surface area contributed by atoms with Gasteiger partial charge >= 0.3 is 5.97 Å². The van der Waals surface area contributed by atoms with E-state index in [4.69, 9.17) is 9.47 Å². The van der Waals surface area contributed by atoms with Gasteiger partial charge in [-0.2, -0.15) is 0 Å². The zero-order valence-corrected chi connectivity index (χ0v) is 19.5. The molecule has 0 saturated carbocycles. The van der Waals surface area contributed by atoms with Crippen LogP contribution in [0.4, 0.5) is 0 Å². The normalized spacial score (nSPS) is 18.5. The van der Waals surface area contributed by atoms with Crippen molar-refractivity contribution >= 4 is 28.2 Å². The van der Waals surface area contributed by atoms with E-state index in [-0.39, 0.29) is 18.1 Å². The predicted molar refractivity (Wildman–Crippen MR) is 124 cm³/mol. The van der Waals surface area contributed by atoms with Crippen LogP contribution in [0.15, 0.2) is 46.7 Å². The molecule has 3 heterocycles. The van der Waals surface area contributed by atoms with E-state index in [1.165, 1.54) is 21.8 Å². The number of methoxy groups -OCH3 is 1. The van der Waals surface area contributed by atoms with Crippen molar-refractivity contribution in [1.29, 1.82) is 0 Å². The van der Waals surface area contributed by atoms with Crippen LogP contribution >= 0.6 is 11.3 Å². The van der Waals surface area contributed by atoms with Crippen LogP contribution in [0, 0.1) is 5.92 Å². The zero-order chi connectivity index (χ0) is 23.4. The second-order valence-corrected chi connectivity index (χ2v) is 8.93. The molecule has 1 aliphatic rings. The fourth-order valence-corrected chi connectivity index (χ4v) is 4.96. The van der Waals surface area contributed by atoms with Crippen LogP contribution in [0.1, 0.15) is 49.9 Å². The lowest BCUT2D eigenvalue weighted by Crippen LogP contribution is -2.46. The Morgan fingerprint density at radius 1 is 1.24 bits per heavy atom. The van der Waals surface area contributed by atoms with Gasteiger partial charge in [0.15, 0.2) is 4.96 Å². The van der Waals surface area contributed by atoms with Crippen LogP contribution in [0.5, 0.6) is 5.75 Å². The highest BCUT2D eigenvalue weighted by Crippen LogP contribution is 2.38. The number of amides is 1. The van der Waals surface area contributed by atoms with Gasteiger partial charge in [0.1, 0.15) is 12.4 Å². The first-order valence-corrected chi connectivity index (χ1v) is 12.0. The molecule has 0 unspecified atom stereocenters. The van der Waals surface area contributed by atoms with Gasteiger partial charge in [-0.05, 0) is 30.5 Å². The van der Waals surface area contributed by atoms with E-state index in [0.29, 0.717) is 35.8 Å². The molecule has 1 saturated heterocycles. The first-order chi connectivity index (χ1) is 16.0. The van der Waals surface area contributed by atoms with Crippen LogP contribution in [0.25, 0.3) is 4.96 Å². The summed E-state index contributed by atoms with van der Waals surface area (Å²) in [5.41, 5.74) is 1.07. The number of carbonyl (C=O) groups is 2. The maximum absolute atomic E-state index is 13.2. The lowest BCUT2D eigenvalue weighted by atomic mass is 9.84. The number of fused-ring (bicyclic) bond motifs is 1. The number of piperidine rings is 1. The molecule has 9 heteroatoms. The molecule has 3 aromatic rings. The fraction of sp³-hybridized carbons (Fsp3) is 0.417. The molecular formula is C24H27N3O5S. The standard InChI is InChI=1S/C24H27N3O5S/c1-3-4-11-26-20(28)10-9-19(22(26)16-5-7-18(31-2)8-6-16)23(30)32-15-17-14-21(29)27-12-13-33-24(27)25-17/h5-8,12-14,19,22H,3-4,9-11,15H2,1-2H3/t19-,22+/m1/s1. The van der Waals surface area contributed by atoms with E-state index in [1.807, 2.05) is 29.2 Å². The monoisotopic (exact) mass is 469 g/mol. The largest absolute Gasteiger partial charge is 0.497 e. The van der Waals surface area contributed by atoms with Crippen molar-refractivity contribution in [2.24, 2.45) is 5.92 Å². The molecule has 4 rings (SSSR count). The number of hydrogen-bond donors (Lipinski definition) is 0. The molecule has 2 atom stereocenters. The number of aromatic nitrogens is 2. The SMILES string of the molecule is CCCCN1C(=O)CC[C@@H](C(=O)OCc2cc(=O)n3ccsc3n2)[C@@H]1c1ccc(OC)cc1. The summed E-state index contributed by atoms with van der Waals surface area (Å²) in [4.78, 5) is 45.0. The lowest BCUT2D eigenvalue weighted by Gasteiger charge is -2.40. The summed E-state index contributed by atoms with van der Waals surface area (Å²) < 4.78 is 12.3. The maximum Gasteiger partial charge on any atom is 0.311 e. The van der Waals surface area contributed by atoms with E-state index < -0.39 is 17.9 Å². The molecule has 174 valence electrons.